The third-order valence-corrected chi connectivity index (χ3v) is 1.80. The van der Waals surface area contributed by atoms with Crippen LogP contribution in [0.25, 0.3) is 0 Å². The fourth-order valence-electron chi connectivity index (χ4n) is 0.497. The first kappa shape index (κ1) is 9.73. The molecule has 1 atom stereocenters. The summed E-state index contributed by atoms with van der Waals surface area (Å²) in [5, 5.41) is 18.0. The molecule has 0 amide bonds. The summed E-state index contributed by atoms with van der Waals surface area (Å²) < 4.78 is 0. The first-order chi connectivity index (χ1) is 4.58. The number of rotatable bonds is 3. The van der Waals surface area contributed by atoms with E-state index in [1.807, 2.05) is 0 Å². The number of halogens is 1. The highest BCUT2D eigenvalue weighted by atomic mass is 35.5. The van der Waals surface area contributed by atoms with Crippen LogP contribution in [0.15, 0.2) is 17.9 Å². The molecule has 0 saturated heterocycles. The smallest absolute Gasteiger partial charge is 0.106 e. The average molecular weight is 163 g/mol. The molecule has 0 aromatic heterocycles. The molecule has 2 N–H and O–H groups in total. The maximum Gasteiger partial charge on any atom is 0.106 e. The molecule has 0 aromatic carbocycles. The van der Waals surface area contributed by atoms with Crippen LogP contribution < -0.4 is 0 Å². The summed E-state index contributed by atoms with van der Waals surface area (Å²) in [4.78, 5) is 0. The van der Waals surface area contributed by atoms with Crippen LogP contribution in [0, 0.1) is 0 Å². The van der Waals surface area contributed by atoms with E-state index in [0.29, 0.717) is 5.57 Å². The standard InChI is InChI=1S/C7H11ClO2/c1-3-6(4-9)7(2,10)5-8/h9-10H,1,4-5H2,2H3. The molecule has 0 saturated carbocycles. The number of hydrogen-bond donors (Lipinski definition) is 2. The van der Waals surface area contributed by atoms with Crippen LogP contribution in [0.3, 0.4) is 0 Å². The zero-order valence-corrected chi connectivity index (χ0v) is 6.65. The van der Waals surface area contributed by atoms with Crippen LogP contribution in [0.4, 0.5) is 0 Å². The van der Waals surface area contributed by atoms with E-state index < -0.39 is 5.60 Å². The van der Waals surface area contributed by atoms with Crippen LogP contribution in [0.1, 0.15) is 6.92 Å². The minimum absolute atomic E-state index is 0.0331. The van der Waals surface area contributed by atoms with E-state index in [0.717, 1.165) is 0 Å². The highest BCUT2D eigenvalue weighted by Crippen LogP contribution is 2.15. The van der Waals surface area contributed by atoms with Crippen molar-refractivity contribution in [2.75, 3.05) is 12.5 Å². The van der Waals surface area contributed by atoms with Crippen molar-refractivity contribution in [3.63, 3.8) is 0 Å². The molecular formula is C7H11ClO2. The van der Waals surface area contributed by atoms with Crippen molar-refractivity contribution in [1.29, 1.82) is 0 Å². The minimum Gasteiger partial charge on any atom is -0.391 e. The van der Waals surface area contributed by atoms with Gasteiger partial charge in [0.15, 0.2) is 0 Å². The van der Waals surface area contributed by atoms with Gasteiger partial charge in [0, 0.05) is 5.57 Å². The van der Waals surface area contributed by atoms with E-state index in [9.17, 15) is 5.11 Å². The molecule has 58 valence electrons. The lowest BCUT2D eigenvalue weighted by molar-refractivity contribution is 0.108. The van der Waals surface area contributed by atoms with Crippen LogP contribution >= 0.6 is 11.6 Å². The van der Waals surface area contributed by atoms with Crippen molar-refractivity contribution in [3.05, 3.63) is 17.9 Å². The molecule has 0 aliphatic heterocycles. The van der Waals surface area contributed by atoms with Crippen molar-refractivity contribution in [3.8, 4) is 0 Å². The number of aliphatic hydroxyl groups excluding tert-OH is 1. The lowest BCUT2D eigenvalue weighted by atomic mass is 10.00. The zero-order chi connectivity index (χ0) is 8.20. The van der Waals surface area contributed by atoms with Crippen molar-refractivity contribution in [2.45, 2.75) is 12.5 Å². The molecule has 0 aliphatic carbocycles. The van der Waals surface area contributed by atoms with Gasteiger partial charge in [-0.15, -0.1) is 17.3 Å². The Morgan fingerprint density at radius 3 is 2.40 bits per heavy atom. The van der Waals surface area contributed by atoms with Gasteiger partial charge in [-0.1, -0.05) is 6.58 Å². The summed E-state index contributed by atoms with van der Waals surface area (Å²) in [5.74, 6) is 0.0331. The summed E-state index contributed by atoms with van der Waals surface area (Å²) in [5.41, 5.74) is 1.56. The Morgan fingerprint density at radius 2 is 2.30 bits per heavy atom. The second-order valence-electron chi connectivity index (χ2n) is 2.22. The van der Waals surface area contributed by atoms with Crippen molar-refractivity contribution in [1.82, 2.24) is 0 Å². The summed E-state index contributed by atoms with van der Waals surface area (Å²) in [7, 11) is 0. The Morgan fingerprint density at radius 1 is 1.80 bits per heavy atom. The topological polar surface area (TPSA) is 40.5 Å². The summed E-state index contributed by atoms with van der Waals surface area (Å²) in [6.07, 6.45) is 0. The third-order valence-electron chi connectivity index (χ3n) is 1.28. The lowest BCUT2D eigenvalue weighted by Crippen LogP contribution is -2.30. The molecule has 2 nitrogen and oxygen atoms in total. The largest absolute Gasteiger partial charge is 0.391 e. The maximum absolute atomic E-state index is 9.35. The predicted molar refractivity (Wildman–Crippen MR) is 41.1 cm³/mol. The molecule has 1 unspecified atom stereocenters. The van der Waals surface area contributed by atoms with Crippen LogP contribution in [0.2, 0.25) is 0 Å². The average Bonchev–Trinajstić information content (AvgIpc) is 1.90. The monoisotopic (exact) mass is 162 g/mol. The van der Waals surface area contributed by atoms with Gasteiger partial charge in [-0.05, 0) is 6.92 Å². The molecule has 0 radical (unpaired) electrons. The van der Waals surface area contributed by atoms with Gasteiger partial charge in [0.05, 0.1) is 12.5 Å². The summed E-state index contributed by atoms with van der Waals surface area (Å²) in [6, 6.07) is 0. The molecule has 0 fully saturated rings. The Balaban J connectivity index is 4.43. The highest BCUT2D eigenvalue weighted by Gasteiger charge is 2.23. The molecule has 0 heterocycles. The molecular weight excluding hydrogens is 152 g/mol. The van der Waals surface area contributed by atoms with Crippen LogP contribution in [0.5, 0.6) is 0 Å². The van der Waals surface area contributed by atoms with Crippen LogP contribution in [-0.2, 0) is 0 Å². The Bertz CT molecular complexity index is 157. The van der Waals surface area contributed by atoms with Gasteiger partial charge in [0.1, 0.15) is 5.60 Å². The van der Waals surface area contributed by atoms with Crippen molar-refractivity contribution >= 4 is 11.6 Å². The van der Waals surface area contributed by atoms with Gasteiger partial charge in [-0.2, -0.15) is 0 Å². The van der Waals surface area contributed by atoms with E-state index in [4.69, 9.17) is 16.7 Å². The molecule has 0 aliphatic rings. The Hall–Kier alpha value is -0.270. The van der Waals surface area contributed by atoms with Gasteiger partial charge in [-0.25, -0.2) is 0 Å². The number of aliphatic hydroxyl groups is 2. The van der Waals surface area contributed by atoms with E-state index >= 15 is 0 Å². The van der Waals surface area contributed by atoms with E-state index in [1.54, 1.807) is 0 Å². The minimum atomic E-state index is -1.18. The quantitative estimate of drug-likeness (QED) is 0.473. The third kappa shape index (κ3) is 2.16. The first-order valence-electron chi connectivity index (χ1n) is 2.87. The zero-order valence-electron chi connectivity index (χ0n) is 5.89. The van der Waals surface area contributed by atoms with Gasteiger partial charge >= 0.3 is 0 Å². The summed E-state index contributed by atoms with van der Waals surface area (Å²) in [6.45, 7) is 4.55. The fraction of sp³-hybridized carbons (Fsp3) is 0.571. The van der Waals surface area contributed by atoms with Gasteiger partial charge < -0.3 is 10.2 Å². The Kier molecular flexibility index (Phi) is 3.69. The SMILES string of the molecule is C=C=C(CO)C(C)(O)CCl. The molecule has 0 aromatic rings. The van der Waals surface area contributed by atoms with E-state index in [2.05, 4.69) is 12.3 Å². The second-order valence-corrected chi connectivity index (χ2v) is 2.49. The summed E-state index contributed by atoms with van der Waals surface area (Å²) >= 11 is 5.40. The molecule has 10 heavy (non-hydrogen) atoms. The molecule has 3 heteroatoms. The lowest BCUT2D eigenvalue weighted by Gasteiger charge is -2.20. The normalized spacial score (nSPS) is 15.6. The van der Waals surface area contributed by atoms with Crippen molar-refractivity contribution < 1.29 is 10.2 Å². The first-order valence-corrected chi connectivity index (χ1v) is 3.40. The van der Waals surface area contributed by atoms with Gasteiger partial charge in [0.25, 0.3) is 0 Å². The van der Waals surface area contributed by atoms with Crippen LogP contribution in [-0.4, -0.2) is 28.3 Å². The molecule has 0 spiro atoms. The molecule has 0 rings (SSSR count). The Labute approximate surface area is 65.4 Å². The fourth-order valence-corrected chi connectivity index (χ4v) is 0.659. The maximum atomic E-state index is 9.35. The van der Waals surface area contributed by atoms with E-state index in [-0.39, 0.29) is 12.5 Å². The predicted octanol–water partition coefficient (Wildman–Crippen LogP) is 0.680. The number of hydrogen-bond acceptors (Lipinski definition) is 2. The van der Waals surface area contributed by atoms with Crippen molar-refractivity contribution in [2.24, 2.45) is 0 Å². The molecule has 0 bridgehead atoms. The second kappa shape index (κ2) is 3.79. The highest BCUT2D eigenvalue weighted by molar-refractivity contribution is 6.18. The number of alkyl halides is 1. The van der Waals surface area contributed by atoms with Gasteiger partial charge in [-0.3, -0.25) is 0 Å². The van der Waals surface area contributed by atoms with Gasteiger partial charge in [0.2, 0.25) is 0 Å². The van der Waals surface area contributed by atoms with E-state index in [1.165, 1.54) is 6.92 Å².